The molecule has 4 nitrogen and oxygen atoms in total. The van der Waals surface area contributed by atoms with E-state index in [1.807, 2.05) is 0 Å². The van der Waals surface area contributed by atoms with Crippen molar-refractivity contribution in [2.45, 2.75) is 19.4 Å². The van der Waals surface area contributed by atoms with E-state index in [0.29, 0.717) is 12.1 Å². The SMILES string of the molecule is CC(CC(=O)O)NC(=O)c1c(F)cc(F)cc1F. The lowest BCUT2D eigenvalue weighted by atomic mass is 10.1. The zero-order valence-electron chi connectivity index (χ0n) is 9.34. The van der Waals surface area contributed by atoms with Crippen molar-refractivity contribution in [3.05, 3.63) is 35.1 Å². The molecule has 1 rings (SSSR count). The zero-order chi connectivity index (χ0) is 13.9. The highest BCUT2D eigenvalue weighted by Gasteiger charge is 2.21. The Kier molecular flexibility index (Phi) is 4.30. The fourth-order valence-electron chi connectivity index (χ4n) is 1.37. The molecule has 1 unspecified atom stereocenters. The second kappa shape index (κ2) is 5.52. The van der Waals surface area contributed by atoms with Crippen molar-refractivity contribution in [1.29, 1.82) is 0 Å². The molecular weight excluding hydrogens is 251 g/mol. The van der Waals surface area contributed by atoms with E-state index >= 15 is 0 Å². The molecule has 7 heteroatoms. The Labute approximate surface area is 100 Å². The first-order valence-electron chi connectivity index (χ1n) is 4.98. The molecule has 18 heavy (non-hydrogen) atoms. The van der Waals surface area contributed by atoms with E-state index in [9.17, 15) is 22.8 Å². The van der Waals surface area contributed by atoms with Gasteiger partial charge in [-0.2, -0.15) is 0 Å². The Bertz CT molecular complexity index is 467. The van der Waals surface area contributed by atoms with Crippen LogP contribution in [0.3, 0.4) is 0 Å². The number of nitrogens with one attached hydrogen (secondary N) is 1. The summed E-state index contributed by atoms with van der Waals surface area (Å²) in [5.41, 5.74) is -0.936. The first-order chi connectivity index (χ1) is 8.31. The van der Waals surface area contributed by atoms with Crippen molar-refractivity contribution in [1.82, 2.24) is 5.32 Å². The highest BCUT2D eigenvalue weighted by Crippen LogP contribution is 2.14. The predicted octanol–water partition coefficient (Wildman–Crippen LogP) is 1.70. The van der Waals surface area contributed by atoms with Crippen LogP contribution >= 0.6 is 0 Å². The molecule has 0 saturated heterocycles. The summed E-state index contributed by atoms with van der Waals surface area (Å²) in [6.07, 6.45) is -0.393. The van der Waals surface area contributed by atoms with Crippen LogP contribution in [-0.4, -0.2) is 23.0 Å². The first kappa shape index (κ1) is 14.0. The highest BCUT2D eigenvalue weighted by molar-refractivity contribution is 5.95. The second-order valence-electron chi connectivity index (χ2n) is 3.72. The highest BCUT2D eigenvalue weighted by atomic mass is 19.1. The number of carboxylic acids is 1. The van der Waals surface area contributed by atoms with Crippen LogP contribution in [0.15, 0.2) is 12.1 Å². The Balaban J connectivity index is 2.88. The third kappa shape index (κ3) is 3.47. The van der Waals surface area contributed by atoms with Crippen molar-refractivity contribution in [2.75, 3.05) is 0 Å². The Morgan fingerprint density at radius 1 is 1.28 bits per heavy atom. The Morgan fingerprint density at radius 2 is 1.78 bits per heavy atom. The molecule has 0 spiro atoms. The molecule has 1 aromatic carbocycles. The van der Waals surface area contributed by atoms with E-state index in [4.69, 9.17) is 5.11 Å². The Morgan fingerprint density at radius 3 is 2.22 bits per heavy atom. The minimum Gasteiger partial charge on any atom is -0.481 e. The molecule has 1 amide bonds. The van der Waals surface area contributed by atoms with Crippen molar-refractivity contribution >= 4 is 11.9 Å². The van der Waals surface area contributed by atoms with E-state index in [2.05, 4.69) is 5.32 Å². The van der Waals surface area contributed by atoms with Crippen LogP contribution < -0.4 is 5.32 Å². The summed E-state index contributed by atoms with van der Waals surface area (Å²) in [5.74, 6) is -6.11. The number of aliphatic carboxylic acids is 1. The van der Waals surface area contributed by atoms with Gasteiger partial charge in [0.1, 0.15) is 23.0 Å². The molecule has 0 aliphatic rings. The first-order valence-corrected chi connectivity index (χ1v) is 4.98. The fraction of sp³-hybridized carbons (Fsp3) is 0.273. The number of carboxylic acid groups (broad SMARTS) is 1. The lowest BCUT2D eigenvalue weighted by Crippen LogP contribution is -2.35. The number of carbonyl (C=O) groups is 2. The normalized spacial score (nSPS) is 12.0. The van der Waals surface area contributed by atoms with E-state index < -0.39 is 47.4 Å². The molecule has 0 saturated carbocycles. The van der Waals surface area contributed by atoms with Gasteiger partial charge in [0, 0.05) is 18.2 Å². The van der Waals surface area contributed by atoms with Crippen LogP contribution in [0.5, 0.6) is 0 Å². The Hall–Kier alpha value is -2.05. The van der Waals surface area contributed by atoms with E-state index in [0.717, 1.165) is 0 Å². The van der Waals surface area contributed by atoms with Crippen LogP contribution in [0.1, 0.15) is 23.7 Å². The van der Waals surface area contributed by atoms with Gasteiger partial charge < -0.3 is 10.4 Å². The maximum absolute atomic E-state index is 13.2. The molecule has 0 radical (unpaired) electrons. The van der Waals surface area contributed by atoms with Crippen molar-refractivity contribution in [3.8, 4) is 0 Å². The smallest absolute Gasteiger partial charge is 0.305 e. The van der Waals surface area contributed by atoms with Gasteiger partial charge in [-0.3, -0.25) is 9.59 Å². The maximum Gasteiger partial charge on any atom is 0.305 e. The summed E-state index contributed by atoms with van der Waals surface area (Å²) in [6, 6.07) is -0.0569. The lowest BCUT2D eigenvalue weighted by molar-refractivity contribution is -0.137. The van der Waals surface area contributed by atoms with Gasteiger partial charge in [-0.25, -0.2) is 13.2 Å². The van der Waals surface area contributed by atoms with Gasteiger partial charge in [0.05, 0.1) is 6.42 Å². The van der Waals surface area contributed by atoms with Crippen molar-refractivity contribution < 1.29 is 27.9 Å². The molecule has 0 bridgehead atoms. The number of rotatable bonds is 4. The topological polar surface area (TPSA) is 66.4 Å². The third-order valence-corrected chi connectivity index (χ3v) is 2.09. The van der Waals surface area contributed by atoms with Gasteiger partial charge in [0.2, 0.25) is 0 Å². The van der Waals surface area contributed by atoms with E-state index in [1.165, 1.54) is 6.92 Å². The number of halogens is 3. The molecule has 1 atom stereocenters. The molecule has 0 fully saturated rings. The summed E-state index contributed by atoms with van der Waals surface area (Å²) in [7, 11) is 0. The van der Waals surface area contributed by atoms with Gasteiger partial charge >= 0.3 is 5.97 Å². The monoisotopic (exact) mass is 261 g/mol. The van der Waals surface area contributed by atoms with E-state index in [-0.39, 0.29) is 0 Å². The summed E-state index contributed by atoms with van der Waals surface area (Å²) in [4.78, 5) is 21.8. The van der Waals surface area contributed by atoms with Crippen LogP contribution in [0.4, 0.5) is 13.2 Å². The molecule has 0 aliphatic heterocycles. The van der Waals surface area contributed by atoms with Crippen molar-refractivity contribution in [3.63, 3.8) is 0 Å². The molecular formula is C11H10F3NO3. The third-order valence-electron chi connectivity index (χ3n) is 2.09. The largest absolute Gasteiger partial charge is 0.481 e. The quantitative estimate of drug-likeness (QED) is 0.866. The van der Waals surface area contributed by atoms with Gasteiger partial charge in [-0.05, 0) is 6.92 Å². The maximum atomic E-state index is 13.2. The standard InChI is InChI=1S/C11H10F3NO3/c1-5(2-9(16)17)15-11(18)10-7(13)3-6(12)4-8(10)14/h3-5H,2H2,1H3,(H,15,18)(H,16,17). The molecule has 0 heterocycles. The van der Waals surface area contributed by atoms with Gasteiger partial charge in [0.25, 0.3) is 5.91 Å². The summed E-state index contributed by atoms with van der Waals surface area (Å²) < 4.78 is 39.1. The van der Waals surface area contributed by atoms with E-state index in [1.54, 1.807) is 0 Å². The molecule has 0 aliphatic carbocycles. The zero-order valence-corrected chi connectivity index (χ0v) is 9.34. The number of hydrogen-bond donors (Lipinski definition) is 2. The average molecular weight is 261 g/mol. The molecule has 1 aromatic rings. The second-order valence-corrected chi connectivity index (χ2v) is 3.72. The van der Waals surface area contributed by atoms with Crippen LogP contribution in [0, 0.1) is 17.5 Å². The van der Waals surface area contributed by atoms with Crippen LogP contribution in [-0.2, 0) is 4.79 Å². The van der Waals surface area contributed by atoms with Gasteiger partial charge in [0.15, 0.2) is 0 Å². The predicted molar refractivity (Wildman–Crippen MR) is 55.5 cm³/mol. The minimum absolute atomic E-state index is 0.375. The molecule has 2 N–H and O–H groups in total. The minimum atomic E-state index is -1.34. The molecule has 98 valence electrons. The van der Waals surface area contributed by atoms with Gasteiger partial charge in [-0.1, -0.05) is 0 Å². The number of carbonyl (C=O) groups excluding carboxylic acids is 1. The number of hydrogen-bond acceptors (Lipinski definition) is 2. The molecule has 0 aromatic heterocycles. The van der Waals surface area contributed by atoms with Crippen LogP contribution in [0.2, 0.25) is 0 Å². The summed E-state index contributed by atoms with van der Waals surface area (Å²) in [6.45, 7) is 1.37. The number of amides is 1. The lowest BCUT2D eigenvalue weighted by Gasteiger charge is -2.12. The van der Waals surface area contributed by atoms with Crippen molar-refractivity contribution in [2.24, 2.45) is 0 Å². The fourth-order valence-corrected chi connectivity index (χ4v) is 1.37. The number of benzene rings is 1. The van der Waals surface area contributed by atoms with Gasteiger partial charge in [-0.15, -0.1) is 0 Å². The summed E-state index contributed by atoms with van der Waals surface area (Å²) >= 11 is 0. The summed E-state index contributed by atoms with van der Waals surface area (Å²) in [5, 5.41) is 10.6. The van der Waals surface area contributed by atoms with Crippen LogP contribution in [0.25, 0.3) is 0 Å². The average Bonchev–Trinajstić information content (AvgIpc) is 2.12.